The van der Waals surface area contributed by atoms with E-state index in [0.29, 0.717) is 22.1 Å². The van der Waals surface area contributed by atoms with Gasteiger partial charge in [-0.2, -0.15) is 0 Å². The van der Waals surface area contributed by atoms with Gasteiger partial charge in [0, 0.05) is 16.4 Å². The molecule has 7 heteroatoms. The van der Waals surface area contributed by atoms with Crippen LogP contribution in [0.2, 0.25) is 5.02 Å². The maximum atomic E-state index is 12.1. The number of benzene rings is 2. The van der Waals surface area contributed by atoms with Crippen LogP contribution in [0.15, 0.2) is 42.5 Å². The molecule has 0 aromatic heterocycles. The van der Waals surface area contributed by atoms with Crippen LogP contribution in [0.5, 0.6) is 5.75 Å². The molecule has 0 radical (unpaired) electrons. The van der Waals surface area contributed by atoms with Crippen LogP contribution in [0.3, 0.4) is 0 Å². The first-order chi connectivity index (χ1) is 12.4. The topological polar surface area (TPSA) is 70.7 Å². The van der Waals surface area contributed by atoms with E-state index < -0.39 is 0 Å². The third-order valence-electron chi connectivity index (χ3n) is 3.66. The van der Waals surface area contributed by atoms with Gasteiger partial charge in [0.2, 0.25) is 11.8 Å². The molecule has 2 N–H and O–H groups in total. The summed E-state index contributed by atoms with van der Waals surface area (Å²) >= 11 is 5.91. The number of rotatable bonds is 7. The van der Waals surface area contributed by atoms with E-state index in [1.807, 2.05) is 6.92 Å². The summed E-state index contributed by atoms with van der Waals surface area (Å²) in [6, 6.07) is 12.3. The van der Waals surface area contributed by atoms with Crippen molar-refractivity contribution in [3.63, 3.8) is 0 Å². The van der Waals surface area contributed by atoms with Gasteiger partial charge in [-0.3, -0.25) is 14.5 Å². The predicted molar refractivity (Wildman–Crippen MR) is 104 cm³/mol. The molecule has 0 fully saturated rings. The molecular weight excluding hydrogens is 354 g/mol. The van der Waals surface area contributed by atoms with E-state index in [0.717, 1.165) is 5.56 Å². The van der Waals surface area contributed by atoms with Crippen molar-refractivity contribution in [1.29, 1.82) is 0 Å². The Hall–Kier alpha value is -2.57. The Labute approximate surface area is 158 Å². The quantitative estimate of drug-likeness (QED) is 0.779. The summed E-state index contributed by atoms with van der Waals surface area (Å²) < 4.78 is 5.07. The van der Waals surface area contributed by atoms with Crippen LogP contribution in [0.4, 0.5) is 11.4 Å². The lowest BCUT2D eigenvalue weighted by molar-refractivity contribution is -0.119. The highest BCUT2D eigenvalue weighted by Crippen LogP contribution is 2.19. The largest absolute Gasteiger partial charge is 0.497 e. The van der Waals surface area contributed by atoms with E-state index in [1.165, 1.54) is 0 Å². The smallest absolute Gasteiger partial charge is 0.238 e. The molecule has 26 heavy (non-hydrogen) atoms. The maximum Gasteiger partial charge on any atom is 0.238 e. The number of amides is 2. The number of nitrogens with one attached hydrogen (secondary N) is 2. The first kappa shape index (κ1) is 19.8. The summed E-state index contributed by atoms with van der Waals surface area (Å²) in [5.41, 5.74) is 2.26. The van der Waals surface area contributed by atoms with Gasteiger partial charge in [-0.05, 0) is 62.0 Å². The normalized spacial score (nSPS) is 10.5. The minimum absolute atomic E-state index is 0.0953. The monoisotopic (exact) mass is 375 g/mol. The molecule has 2 amide bonds. The van der Waals surface area contributed by atoms with Gasteiger partial charge in [-0.25, -0.2) is 0 Å². The number of anilines is 2. The van der Waals surface area contributed by atoms with Crippen molar-refractivity contribution in [2.75, 3.05) is 37.9 Å². The highest BCUT2D eigenvalue weighted by Gasteiger charge is 2.12. The van der Waals surface area contributed by atoms with E-state index in [1.54, 1.807) is 61.5 Å². The van der Waals surface area contributed by atoms with E-state index >= 15 is 0 Å². The second-order valence-electron chi connectivity index (χ2n) is 5.96. The standard InChI is InChI=1S/C19H22ClN3O3/c1-13-10-14(20)4-9-17(13)22-19(25)12-23(2)11-18(24)21-15-5-7-16(26-3)8-6-15/h4-10H,11-12H2,1-3H3,(H,21,24)(H,22,25). The lowest BCUT2D eigenvalue weighted by atomic mass is 10.2. The van der Waals surface area contributed by atoms with Crippen molar-refractivity contribution >= 4 is 34.8 Å². The Morgan fingerprint density at radius 2 is 1.65 bits per heavy atom. The van der Waals surface area contributed by atoms with Gasteiger partial charge in [-0.15, -0.1) is 0 Å². The van der Waals surface area contributed by atoms with Crippen molar-refractivity contribution in [1.82, 2.24) is 4.90 Å². The van der Waals surface area contributed by atoms with Crippen LogP contribution in [-0.4, -0.2) is 44.0 Å². The van der Waals surface area contributed by atoms with Crippen LogP contribution in [0, 0.1) is 6.92 Å². The Bertz CT molecular complexity index is 778. The van der Waals surface area contributed by atoms with Gasteiger partial charge in [0.1, 0.15) is 5.75 Å². The molecule has 138 valence electrons. The summed E-state index contributed by atoms with van der Waals surface area (Å²) in [6.45, 7) is 2.06. The predicted octanol–water partition coefficient (Wildman–Crippen LogP) is 3.17. The number of hydrogen-bond donors (Lipinski definition) is 2. The molecule has 2 aromatic carbocycles. The number of methoxy groups -OCH3 is 1. The third-order valence-corrected chi connectivity index (χ3v) is 3.90. The van der Waals surface area contributed by atoms with E-state index in [4.69, 9.17) is 16.3 Å². The number of likely N-dealkylation sites (N-methyl/N-ethyl adjacent to an activating group) is 1. The van der Waals surface area contributed by atoms with Gasteiger partial charge in [0.25, 0.3) is 0 Å². The number of ether oxygens (including phenoxy) is 1. The molecule has 0 bridgehead atoms. The van der Waals surface area contributed by atoms with Crippen molar-refractivity contribution in [2.24, 2.45) is 0 Å². The zero-order valence-corrected chi connectivity index (χ0v) is 15.8. The first-order valence-electron chi connectivity index (χ1n) is 8.06. The van der Waals surface area contributed by atoms with Gasteiger partial charge >= 0.3 is 0 Å². The Kier molecular flexibility index (Phi) is 7.00. The Morgan fingerprint density at radius 1 is 1.04 bits per heavy atom. The highest BCUT2D eigenvalue weighted by atomic mass is 35.5. The zero-order chi connectivity index (χ0) is 19.1. The molecule has 0 aliphatic rings. The van der Waals surface area contributed by atoms with Crippen LogP contribution >= 0.6 is 11.6 Å². The van der Waals surface area contributed by atoms with Gasteiger partial charge in [-0.1, -0.05) is 11.6 Å². The fraction of sp³-hybridized carbons (Fsp3) is 0.263. The maximum absolute atomic E-state index is 12.1. The van der Waals surface area contributed by atoms with Crippen molar-refractivity contribution in [3.05, 3.63) is 53.1 Å². The van der Waals surface area contributed by atoms with Crippen LogP contribution in [0.1, 0.15) is 5.56 Å². The summed E-state index contributed by atoms with van der Waals surface area (Å²) in [6.07, 6.45) is 0. The van der Waals surface area contributed by atoms with Gasteiger partial charge in [0.15, 0.2) is 0 Å². The minimum Gasteiger partial charge on any atom is -0.497 e. The van der Waals surface area contributed by atoms with Crippen molar-refractivity contribution in [3.8, 4) is 5.75 Å². The molecule has 0 aliphatic heterocycles. The number of aryl methyl sites for hydroxylation is 1. The minimum atomic E-state index is -0.201. The van der Waals surface area contributed by atoms with Crippen LogP contribution < -0.4 is 15.4 Å². The van der Waals surface area contributed by atoms with E-state index in [9.17, 15) is 9.59 Å². The SMILES string of the molecule is COc1ccc(NC(=O)CN(C)CC(=O)Nc2ccc(Cl)cc2C)cc1. The van der Waals surface area contributed by atoms with Crippen LogP contribution in [0.25, 0.3) is 0 Å². The Morgan fingerprint density at radius 3 is 2.23 bits per heavy atom. The lowest BCUT2D eigenvalue weighted by Crippen LogP contribution is -2.36. The molecule has 2 aromatic rings. The van der Waals surface area contributed by atoms with Gasteiger partial charge < -0.3 is 15.4 Å². The van der Waals surface area contributed by atoms with E-state index in [2.05, 4.69) is 10.6 Å². The molecule has 0 saturated carbocycles. The average molecular weight is 376 g/mol. The molecule has 0 heterocycles. The summed E-state index contributed by atoms with van der Waals surface area (Å²) in [4.78, 5) is 25.9. The number of carbonyl (C=O) groups is 2. The summed E-state index contributed by atoms with van der Waals surface area (Å²) in [7, 11) is 3.29. The number of hydrogen-bond acceptors (Lipinski definition) is 4. The molecule has 0 atom stereocenters. The second-order valence-corrected chi connectivity index (χ2v) is 6.39. The van der Waals surface area contributed by atoms with Crippen molar-refractivity contribution < 1.29 is 14.3 Å². The Balaban J connectivity index is 1.81. The first-order valence-corrected chi connectivity index (χ1v) is 8.43. The van der Waals surface area contributed by atoms with Gasteiger partial charge in [0.05, 0.1) is 20.2 Å². The average Bonchev–Trinajstić information content (AvgIpc) is 2.57. The number of nitrogens with zero attached hydrogens (tertiary/aromatic N) is 1. The molecule has 0 aliphatic carbocycles. The summed E-state index contributed by atoms with van der Waals surface area (Å²) in [5.74, 6) is 0.317. The third kappa shape index (κ3) is 6.06. The zero-order valence-electron chi connectivity index (χ0n) is 15.0. The molecule has 2 rings (SSSR count). The lowest BCUT2D eigenvalue weighted by Gasteiger charge is -2.16. The summed E-state index contributed by atoms with van der Waals surface area (Å²) in [5, 5.41) is 6.22. The van der Waals surface area contributed by atoms with Crippen molar-refractivity contribution in [2.45, 2.75) is 6.92 Å². The number of carbonyl (C=O) groups excluding carboxylic acids is 2. The molecule has 0 unspecified atom stereocenters. The molecule has 6 nitrogen and oxygen atoms in total. The molecule has 0 saturated heterocycles. The van der Waals surface area contributed by atoms with E-state index in [-0.39, 0.29) is 24.9 Å². The highest BCUT2D eigenvalue weighted by molar-refractivity contribution is 6.30. The molecular formula is C19H22ClN3O3. The fourth-order valence-corrected chi connectivity index (χ4v) is 2.60. The fourth-order valence-electron chi connectivity index (χ4n) is 2.38. The number of halogens is 1. The molecule has 0 spiro atoms. The second kappa shape index (κ2) is 9.22. The van der Waals surface area contributed by atoms with Crippen LogP contribution in [-0.2, 0) is 9.59 Å².